The van der Waals surface area contributed by atoms with Crippen LogP contribution in [0.2, 0.25) is 0 Å². The molecular weight excluding hydrogens is 525 g/mol. The van der Waals surface area contributed by atoms with Crippen molar-refractivity contribution in [3.63, 3.8) is 0 Å². The number of nitrogens with zero attached hydrogens (tertiary/aromatic N) is 1. The van der Waals surface area contributed by atoms with Gasteiger partial charge >= 0.3 is 17.9 Å². The first-order valence-corrected chi connectivity index (χ1v) is 14.0. The number of hydrogen-bond acceptors (Lipinski definition) is 11. The van der Waals surface area contributed by atoms with E-state index in [-0.39, 0.29) is 6.54 Å². The summed E-state index contributed by atoms with van der Waals surface area (Å²) in [6.45, 7) is 4.69. The second-order valence-corrected chi connectivity index (χ2v) is 12.3. The highest BCUT2D eigenvalue weighted by molar-refractivity contribution is 7.87. The number of esters is 3. The van der Waals surface area contributed by atoms with Gasteiger partial charge in [-0.25, -0.2) is 9.18 Å². The molecule has 0 radical (unpaired) electrons. The number of carbonyl (C=O) groups is 3. The maximum atomic E-state index is 13.8. The van der Waals surface area contributed by atoms with Gasteiger partial charge in [0.1, 0.15) is 28.9 Å². The number of halogens is 1. The largest absolute Gasteiger partial charge is 0.457 e. The summed E-state index contributed by atoms with van der Waals surface area (Å²) in [6.07, 6.45) is -1.64. The molecule has 11 nitrogen and oxygen atoms in total. The van der Waals surface area contributed by atoms with Gasteiger partial charge in [0.2, 0.25) is 0 Å². The average molecular weight is 556 g/mol. The highest BCUT2D eigenvalue weighted by Gasteiger charge is 2.72. The summed E-state index contributed by atoms with van der Waals surface area (Å²) < 4.78 is 66.2. The fourth-order valence-electron chi connectivity index (χ4n) is 6.01. The average Bonchev–Trinajstić information content (AvgIpc) is 3.46. The van der Waals surface area contributed by atoms with Gasteiger partial charge < -0.3 is 18.9 Å². The van der Waals surface area contributed by atoms with Gasteiger partial charge in [0.25, 0.3) is 10.1 Å². The Morgan fingerprint density at radius 2 is 1.87 bits per heavy atom. The predicted octanol–water partition coefficient (Wildman–Crippen LogP) is 0.754. The Kier molecular flexibility index (Phi) is 7.22. The van der Waals surface area contributed by atoms with Gasteiger partial charge in [0.15, 0.2) is 6.61 Å². The Bertz CT molecular complexity index is 1210. The van der Waals surface area contributed by atoms with E-state index in [2.05, 4.69) is 0 Å². The van der Waals surface area contributed by atoms with Crippen LogP contribution in [0.3, 0.4) is 0 Å². The molecule has 2 heterocycles. The van der Waals surface area contributed by atoms with Gasteiger partial charge in [0.05, 0.1) is 25.7 Å². The molecule has 0 aromatic heterocycles. The smallest absolute Gasteiger partial charge is 0.344 e. The molecule has 4 fully saturated rings. The number of benzene rings is 1. The molecule has 2 saturated heterocycles. The zero-order valence-electron chi connectivity index (χ0n) is 21.0. The molecule has 6 unspecified atom stereocenters. The van der Waals surface area contributed by atoms with Crippen molar-refractivity contribution in [2.45, 2.75) is 43.3 Å². The first kappa shape index (κ1) is 27.0. The number of fused-ring (bicyclic) bond motifs is 1. The summed E-state index contributed by atoms with van der Waals surface area (Å²) in [6, 6.07) is 5.59. The first-order chi connectivity index (χ1) is 18.0. The maximum absolute atomic E-state index is 13.8. The lowest BCUT2D eigenvalue weighted by molar-refractivity contribution is -0.175. The van der Waals surface area contributed by atoms with Crippen LogP contribution in [-0.2, 0) is 53.2 Å². The van der Waals surface area contributed by atoms with E-state index in [0.29, 0.717) is 38.3 Å². The molecule has 2 bridgehead atoms. The monoisotopic (exact) mass is 555 g/mol. The summed E-state index contributed by atoms with van der Waals surface area (Å²) in [5, 5.41) is -1.12. The Hall–Kier alpha value is -2.61. The third-order valence-corrected chi connectivity index (χ3v) is 9.55. The van der Waals surface area contributed by atoms with Crippen LogP contribution in [0.1, 0.15) is 25.8 Å². The second-order valence-electron chi connectivity index (χ2n) is 10.6. The summed E-state index contributed by atoms with van der Waals surface area (Å²) in [5.74, 6) is -5.08. The lowest BCUT2D eigenvalue weighted by Gasteiger charge is -2.33. The minimum atomic E-state index is -4.12. The van der Waals surface area contributed by atoms with Gasteiger partial charge in [-0.05, 0) is 38.0 Å². The highest BCUT2D eigenvalue weighted by Crippen LogP contribution is 2.59. The second kappa shape index (κ2) is 10.2. The van der Waals surface area contributed by atoms with E-state index >= 15 is 0 Å². The lowest BCUT2D eigenvalue weighted by atomic mass is 9.84. The topological polar surface area (TPSA) is 135 Å². The van der Waals surface area contributed by atoms with Gasteiger partial charge in [0, 0.05) is 24.9 Å². The molecule has 5 rings (SSSR count). The maximum Gasteiger partial charge on any atom is 0.344 e. The molecule has 1 aromatic carbocycles. The van der Waals surface area contributed by atoms with Crippen LogP contribution in [0.5, 0.6) is 0 Å². The molecule has 2 aliphatic heterocycles. The van der Waals surface area contributed by atoms with Gasteiger partial charge in [-0.3, -0.25) is 18.7 Å². The summed E-state index contributed by atoms with van der Waals surface area (Å²) in [7, 11) is -4.12. The van der Waals surface area contributed by atoms with Crippen molar-refractivity contribution in [1.29, 1.82) is 0 Å². The normalized spacial score (nSPS) is 31.7. The zero-order valence-corrected chi connectivity index (χ0v) is 21.9. The molecule has 6 atom stereocenters. The van der Waals surface area contributed by atoms with Crippen molar-refractivity contribution in [1.82, 2.24) is 4.90 Å². The molecule has 0 spiro atoms. The van der Waals surface area contributed by atoms with Crippen molar-refractivity contribution >= 4 is 28.0 Å². The van der Waals surface area contributed by atoms with Crippen LogP contribution in [0.15, 0.2) is 24.3 Å². The fourth-order valence-corrected chi connectivity index (χ4v) is 8.06. The summed E-state index contributed by atoms with van der Waals surface area (Å²) in [5.41, 5.74) is -0.843. The molecule has 208 valence electrons. The molecular formula is C25H30FNO10S. The molecule has 0 N–H and O–H groups in total. The van der Waals surface area contributed by atoms with Gasteiger partial charge in [-0.1, -0.05) is 12.1 Å². The highest BCUT2D eigenvalue weighted by atomic mass is 32.2. The van der Waals surface area contributed by atoms with E-state index in [1.807, 2.05) is 4.90 Å². The van der Waals surface area contributed by atoms with E-state index in [9.17, 15) is 27.2 Å². The van der Waals surface area contributed by atoms with Crippen molar-refractivity contribution in [3.8, 4) is 0 Å². The van der Waals surface area contributed by atoms with E-state index in [1.54, 1.807) is 19.9 Å². The van der Waals surface area contributed by atoms with E-state index in [1.165, 1.54) is 18.2 Å². The SMILES string of the molecule is CC(C)(OC(=O)C1C2CC3C(OS(=O)(=O)C31)C2OC(=O)COC(=O)CN1CCOCC1)c1cccc(F)c1. The number of hydrogen-bond donors (Lipinski definition) is 0. The third-order valence-electron chi connectivity index (χ3n) is 7.75. The van der Waals surface area contributed by atoms with Crippen LogP contribution in [0, 0.1) is 23.6 Å². The number of ether oxygens (including phenoxy) is 4. The molecule has 2 saturated carbocycles. The Labute approximate surface area is 219 Å². The van der Waals surface area contributed by atoms with Crippen LogP contribution in [0.25, 0.3) is 0 Å². The number of carbonyl (C=O) groups excluding carboxylic acids is 3. The predicted molar refractivity (Wildman–Crippen MR) is 126 cm³/mol. The fraction of sp³-hybridized carbons (Fsp3) is 0.640. The van der Waals surface area contributed by atoms with E-state index in [0.717, 1.165) is 0 Å². The van der Waals surface area contributed by atoms with E-state index in [4.69, 9.17) is 23.1 Å². The molecule has 13 heteroatoms. The molecule has 1 aromatic rings. The zero-order chi connectivity index (χ0) is 27.2. The first-order valence-electron chi connectivity index (χ1n) is 12.5. The Balaban J connectivity index is 1.24. The van der Waals surface area contributed by atoms with Crippen LogP contribution >= 0.6 is 0 Å². The van der Waals surface area contributed by atoms with Crippen molar-refractivity contribution in [3.05, 3.63) is 35.6 Å². The van der Waals surface area contributed by atoms with Crippen molar-refractivity contribution in [2.24, 2.45) is 17.8 Å². The molecule has 38 heavy (non-hydrogen) atoms. The van der Waals surface area contributed by atoms with Gasteiger partial charge in [-0.15, -0.1) is 0 Å². The minimum Gasteiger partial charge on any atom is -0.457 e. The van der Waals surface area contributed by atoms with Crippen LogP contribution in [0.4, 0.5) is 4.39 Å². The van der Waals surface area contributed by atoms with E-state index < -0.39 is 81.3 Å². The molecule has 2 aliphatic carbocycles. The quantitative estimate of drug-likeness (QED) is 0.256. The molecule has 0 amide bonds. The lowest BCUT2D eigenvalue weighted by Crippen LogP contribution is -2.47. The standard InChI is InChI=1S/C25H30FNO10S/c1-25(2,14-4-3-5-15(26)10-14)36-24(30)20-16-11-17-22(37-38(31,32)23(17)20)21(16)35-19(29)13-34-18(28)12-27-6-8-33-9-7-27/h3-5,10,16-17,20-23H,6-9,11-13H2,1-2H3. The van der Waals surface area contributed by atoms with Crippen molar-refractivity contribution < 1.29 is 50.3 Å². The summed E-state index contributed by atoms with van der Waals surface area (Å²) in [4.78, 5) is 39.8. The number of morpholine rings is 1. The molecule has 4 aliphatic rings. The summed E-state index contributed by atoms with van der Waals surface area (Å²) >= 11 is 0. The third kappa shape index (κ3) is 5.16. The van der Waals surface area contributed by atoms with Gasteiger partial charge in [-0.2, -0.15) is 8.42 Å². The van der Waals surface area contributed by atoms with Crippen LogP contribution < -0.4 is 0 Å². The Morgan fingerprint density at radius 3 is 2.58 bits per heavy atom. The van der Waals surface area contributed by atoms with Crippen LogP contribution in [-0.4, -0.2) is 88.1 Å². The number of rotatable bonds is 8. The Morgan fingerprint density at radius 1 is 1.13 bits per heavy atom. The van der Waals surface area contributed by atoms with Crippen molar-refractivity contribution in [2.75, 3.05) is 39.5 Å². The minimum absolute atomic E-state index is 0.00540.